The van der Waals surface area contributed by atoms with Crippen LogP contribution in [0.25, 0.3) is 0 Å². The van der Waals surface area contributed by atoms with Crippen molar-refractivity contribution >= 4 is 17.5 Å². The molecule has 0 spiro atoms. The molecule has 0 aliphatic heterocycles. The highest BCUT2D eigenvalue weighted by Gasteiger charge is 2.26. The summed E-state index contributed by atoms with van der Waals surface area (Å²) in [5, 5.41) is 3.00. The normalized spacial score (nSPS) is 21.6. The molecule has 0 saturated heterocycles. The van der Waals surface area contributed by atoms with Crippen molar-refractivity contribution in [1.29, 1.82) is 0 Å². The van der Waals surface area contributed by atoms with E-state index in [-0.39, 0.29) is 5.91 Å². The van der Waals surface area contributed by atoms with Gasteiger partial charge in [0.05, 0.1) is 13.0 Å². The summed E-state index contributed by atoms with van der Waals surface area (Å²) in [6, 6.07) is 9.56. The molecule has 1 N–H and O–H groups in total. The predicted molar refractivity (Wildman–Crippen MR) is 81.1 cm³/mol. The van der Waals surface area contributed by atoms with Gasteiger partial charge in [-0.2, -0.15) is 0 Å². The molecule has 1 aromatic carbocycles. The van der Waals surface area contributed by atoms with Crippen LogP contribution in [0.3, 0.4) is 0 Å². The molecule has 0 heterocycles. The van der Waals surface area contributed by atoms with Gasteiger partial charge in [-0.25, -0.2) is 0 Å². The molecule has 3 nitrogen and oxygen atoms in total. The summed E-state index contributed by atoms with van der Waals surface area (Å²) in [6.45, 7) is 1.17. The minimum atomic E-state index is 0.0566. The van der Waals surface area contributed by atoms with Gasteiger partial charge < -0.3 is 10.1 Å². The van der Waals surface area contributed by atoms with Gasteiger partial charge in [-0.1, -0.05) is 24.6 Å². The number of amides is 1. The van der Waals surface area contributed by atoms with E-state index in [9.17, 15) is 4.79 Å². The van der Waals surface area contributed by atoms with Gasteiger partial charge >= 0.3 is 0 Å². The number of halogens is 1. The summed E-state index contributed by atoms with van der Waals surface area (Å²) >= 11 is 5.94. The third-order valence-corrected chi connectivity index (χ3v) is 4.31. The first-order valence-electron chi connectivity index (χ1n) is 7.30. The number of alkyl halides is 1. The van der Waals surface area contributed by atoms with Crippen LogP contribution in [0.2, 0.25) is 0 Å². The second-order valence-electron chi connectivity index (χ2n) is 5.32. The van der Waals surface area contributed by atoms with Gasteiger partial charge in [0.25, 0.3) is 0 Å². The van der Waals surface area contributed by atoms with E-state index in [1.54, 1.807) is 0 Å². The quantitative estimate of drug-likeness (QED) is 0.784. The molecule has 2 atom stereocenters. The van der Waals surface area contributed by atoms with E-state index in [1.165, 1.54) is 19.3 Å². The number of ether oxygens (including phenoxy) is 1. The van der Waals surface area contributed by atoms with Crippen LogP contribution in [-0.4, -0.2) is 24.9 Å². The number of rotatable bonds is 7. The van der Waals surface area contributed by atoms with Gasteiger partial charge in [0.1, 0.15) is 5.75 Å². The maximum absolute atomic E-state index is 11.8. The molecule has 2 rings (SSSR count). The van der Waals surface area contributed by atoms with Gasteiger partial charge in [0.2, 0.25) is 5.91 Å². The van der Waals surface area contributed by atoms with Crippen molar-refractivity contribution in [3.05, 3.63) is 30.3 Å². The highest BCUT2D eigenvalue weighted by molar-refractivity contribution is 6.18. The third kappa shape index (κ3) is 4.71. The second-order valence-corrected chi connectivity index (χ2v) is 5.63. The Balaban J connectivity index is 1.61. The molecule has 110 valence electrons. The van der Waals surface area contributed by atoms with Crippen molar-refractivity contribution in [1.82, 2.24) is 5.32 Å². The lowest BCUT2D eigenvalue weighted by molar-refractivity contribution is -0.121. The highest BCUT2D eigenvalue weighted by atomic mass is 35.5. The van der Waals surface area contributed by atoms with Gasteiger partial charge in [0, 0.05) is 12.4 Å². The zero-order chi connectivity index (χ0) is 14.2. The van der Waals surface area contributed by atoms with Crippen molar-refractivity contribution < 1.29 is 9.53 Å². The van der Waals surface area contributed by atoms with Crippen molar-refractivity contribution in [2.75, 3.05) is 19.0 Å². The topological polar surface area (TPSA) is 38.3 Å². The fourth-order valence-corrected chi connectivity index (χ4v) is 3.10. The molecule has 0 aromatic heterocycles. The first-order chi connectivity index (χ1) is 9.79. The largest absolute Gasteiger partial charge is 0.493 e. The molecule has 1 saturated carbocycles. The van der Waals surface area contributed by atoms with Crippen LogP contribution in [-0.2, 0) is 4.79 Å². The smallest absolute Gasteiger partial charge is 0.223 e. The number of hydrogen-bond acceptors (Lipinski definition) is 2. The predicted octanol–water partition coefficient (Wildman–Crippen LogP) is 3.23. The van der Waals surface area contributed by atoms with Crippen molar-refractivity contribution in [2.24, 2.45) is 11.8 Å². The zero-order valence-corrected chi connectivity index (χ0v) is 12.4. The summed E-state index contributed by atoms with van der Waals surface area (Å²) in [5.41, 5.74) is 0. The lowest BCUT2D eigenvalue weighted by atomic mass is 9.98. The number of carbonyl (C=O) groups is 1. The Morgan fingerprint density at radius 2 is 2.00 bits per heavy atom. The van der Waals surface area contributed by atoms with Gasteiger partial charge in [-0.05, 0) is 36.8 Å². The van der Waals surface area contributed by atoms with Crippen molar-refractivity contribution in [3.63, 3.8) is 0 Å². The molecule has 1 amide bonds. The summed E-state index contributed by atoms with van der Waals surface area (Å²) in [4.78, 5) is 11.8. The average molecular weight is 296 g/mol. The summed E-state index contributed by atoms with van der Waals surface area (Å²) < 4.78 is 5.51. The van der Waals surface area contributed by atoms with Crippen LogP contribution >= 0.6 is 11.6 Å². The van der Waals surface area contributed by atoms with E-state index < -0.39 is 0 Å². The molecule has 1 fully saturated rings. The number of benzene rings is 1. The van der Waals surface area contributed by atoms with E-state index >= 15 is 0 Å². The SMILES string of the molecule is O=C(CCOc1ccccc1)NCC1CCCC1CCl. The van der Waals surface area contributed by atoms with E-state index in [4.69, 9.17) is 16.3 Å². The van der Waals surface area contributed by atoms with Crippen LogP contribution in [0.15, 0.2) is 30.3 Å². The van der Waals surface area contributed by atoms with Crippen LogP contribution in [0.5, 0.6) is 5.75 Å². The number of nitrogens with one attached hydrogen (secondary N) is 1. The van der Waals surface area contributed by atoms with Crippen LogP contribution in [0.1, 0.15) is 25.7 Å². The van der Waals surface area contributed by atoms with E-state index in [0.29, 0.717) is 30.7 Å². The van der Waals surface area contributed by atoms with Gasteiger partial charge in [-0.15, -0.1) is 11.6 Å². The highest BCUT2D eigenvalue weighted by Crippen LogP contribution is 2.31. The Labute approximate surface area is 125 Å². The number of carbonyl (C=O) groups excluding carboxylic acids is 1. The molecule has 4 heteroatoms. The molecule has 1 aliphatic rings. The van der Waals surface area contributed by atoms with Crippen LogP contribution < -0.4 is 10.1 Å². The fraction of sp³-hybridized carbons (Fsp3) is 0.562. The number of para-hydroxylation sites is 1. The molecule has 2 unspecified atom stereocenters. The molecule has 0 bridgehead atoms. The average Bonchev–Trinajstić information content (AvgIpc) is 2.94. The first-order valence-corrected chi connectivity index (χ1v) is 7.83. The van der Waals surface area contributed by atoms with E-state index in [2.05, 4.69) is 5.32 Å². The van der Waals surface area contributed by atoms with E-state index in [0.717, 1.165) is 12.3 Å². The molecule has 1 aliphatic carbocycles. The standard InChI is InChI=1S/C16H22ClNO2/c17-11-13-5-4-6-14(13)12-18-16(19)9-10-20-15-7-2-1-3-8-15/h1-3,7-8,13-14H,4-6,9-12H2,(H,18,19). The maximum Gasteiger partial charge on any atom is 0.223 e. The minimum absolute atomic E-state index is 0.0566. The van der Waals surface area contributed by atoms with E-state index in [1.807, 2.05) is 30.3 Å². The molecule has 1 aromatic rings. The molecular formula is C16H22ClNO2. The maximum atomic E-state index is 11.8. The van der Waals surface area contributed by atoms with Gasteiger partial charge in [-0.3, -0.25) is 4.79 Å². The Hall–Kier alpha value is -1.22. The summed E-state index contributed by atoms with van der Waals surface area (Å²) in [7, 11) is 0. The Bertz CT molecular complexity index is 410. The fourth-order valence-electron chi connectivity index (χ4n) is 2.70. The zero-order valence-electron chi connectivity index (χ0n) is 11.7. The Kier molecular flexibility index (Phi) is 6.19. The van der Waals surface area contributed by atoms with Crippen LogP contribution in [0.4, 0.5) is 0 Å². The minimum Gasteiger partial charge on any atom is -0.493 e. The monoisotopic (exact) mass is 295 g/mol. The molecule has 0 radical (unpaired) electrons. The Morgan fingerprint density at radius 1 is 1.25 bits per heavy atom. The lowest BCUT2D eigenvalue weighted by Crippen LogP contribution is -2.32. The van der Waals surface area contributed by atoms with Crippen LogP contribution in [0, 0.1) is 11.8 Å². The van der Waals surface area contributed by atoms with Gasteiger partial charge in [0.15, 0.2) is 0 Å². The summed E-state index contributed by atoms with van der Waals surface area (Å²) in [5.74, 6) is 2.68. The molecular weight excluding hydrogens is 274 g/mol. The second kappa shape index (κ2) is 8.15. The first kappa shape index (κ1) is 15.2. The lowest BCUT2D eigenvalue weighted by Gasteiger charge is -2.17. The third-order valence-electron chi connectivity index (χ3n) is 3.92. The van der Waals surface area contributed by atoms with Crippen molar-refractivity contribution in [3.8, 4) is 5.75 Å². The number of hydrogen-bond donors (Lipinski definition) is 1. The summed E-state index contributed by atoms with van der Waals surface area (Å²) in [6.07, 6.45) is 4.00. The Morgan fingerprint density at radius 3 is 2.75 bits per heavy atom. The molecule has 20 heavy (non-hydrogen) atoms. The van der Waals surface area contributed by atoms with Crippen molar-refractivity contribution in [2.45, 2.75) is 25.7 Å².